The number of fused-ring (bicyclic) bond motifs is 1. The van der Waals surface area contributed by atoms with E-state index in [-0.39, 0.29) is 24.0 Å². The van der Waals surface area contributed by atoms with Crippen LogP contribution in [0.5, 0.6) is 0 Å². The lowest BCUT2D eigenvalue weighted by Crippen LogP contribution is -2.26. The number of para-hydroxylation sites is 1. The third-order valence-electron chi connectivity index (χ3n) is 4.59. The second kappa shape index (κ2) is 7.44. The highest BCUT2D eigenvalue weighted by Crippen LogP contribution is 2.35. The molecule has 0 aliphatic carbocycles. The highest BCUT2D eigenvalue weighted by atomic mass is 32.1. The molecule has 0 saturated heterocycles. The second-order valence-electron chi connectivity index (χ2n) is 6.55. The summed E-state index contributed by atoms with van der Waals surface area (Å²) in [6.45, 7) is 2.86. The van der Waals surface area contributed by atoms with Gasteiger partial charge in [-0.25, -0.2) is 4.98 Å². The lowest BCUT2D eigenvalue weighted by Gasteiger charge is -2.18. The average molecular weight is 392 g/mol. The summed E-state index contributed by atoms with van der Waals surface area (Å²) in [5.74, 6) is 0.231. The van der Waals surface area contributed by atoms with Crippen LogP contribution in [-0.4, -0.2) is 34.9 Å². The molecule has 3 aromatic rings. The first-order chi connectivity index (χ1) is 13.6. The fraction of sp³-hybridized carbons (Fsp3) is 0.190. The molecule has 2 aromatic carbocycles. The Hall–Kier alpha value is -3.19. The van der Waals surface area contributed by atoms with E-state index in [4.69, 9.17) is 5.41 Å². The molecule has 0 spiro atoms. The van der Waals surface area contributed by atoms with Crippen molar-refractivity contribution in [2.24, 2.45) is 0 Å². The summed E-state index contributed by atoms with van der Waals surface area (Å²) >= 11 is 1.46. The summed E-state index contributed by atoms with van der Waals surface area (Å²) < 4.78 is 1.02. The van der Waals surface area contributed by atoms with Crippen molar-refractivity contribution in [3.63, 3.8) is 0 Å². The normalized spacial score (nSPS) is 14.2. The molecular weight excluding hydrogens is 372 g/mol. The van der Waals surface area contributed by atoms with Crippen LogP contribution in [0.25, 0.3) is 15.8 Å². The zero-order chi connectivity index (χ0) is 19.7. The Morgan fingerprint density at radius 1 is 1.25 bits per heavy atom. The van der Waals surface area contributed by atoms with Gasteiger partial charge < -0.3 is 15.3 Å². The Morgan fingerprint density at radius 3 is 2.71 bits per heavy atom. The molecule has 4 rings (SSSR count). The molecule has 1 aromatic heterocycles. The number of nitrogens with zero attached hydrogens (tertiary/aromatic N) is 2. The maximum absolute atomic E-state index is 12.1. The summed E-state index contributed by atoms with van der Waals surface area (Å²) in [6.07, 6.45) is 0.883. The lowest BCUT2D eigenvalue weighted by molar-refractivity contribution is 0.0953. The minimum Gasteiger partial charge on any atom is -0.510 e. The zero-order valence-electron chi connectivity index (χ0n) is 15.4. The molecular formula is C21H20N4O2S. The predicted molar refractivity (Wildman–Crippen MR) is 113 cm³/mol. The molecule has 142 valence electrons. The van der Waals surface area contributed by atoms with Crippen molar-refractivity contribution in [1.82, 2.24) is 10.3 Å². The molecule has 1 aliphatic heterocycles. The number of thiazole rings is 1. The number of amidine groups is 1. The van der Waals surface area contributed by atoms with E-state index in [0.717, 1.165) is 22.3 Å². The van der Waals surface area contributed by atoms with Crippen LogP contribution in [0.1, 0.15) is 28.7 Å². The number of hydrogen-bond donors (Lipinski definition) is 3. The SMILES string of the molecule is CCCNC(=O)c1ccc(N2CC(O)=C(c3nc4ccccc4s3)C2=N)cc1. The van der Waals surface area contributed by atoms with E-state index >= 15 is 0 Å². The highest BCUT2D eigenvalue weighted by Gasteiger charge is 2.31. The van der Waals surface area contributed by atoms with Gasteiger partial charge in [-0.15, -0.1) is 11.3 Å². The van der Waals surface area contributed by atoms with Crippen molar-refractivity contribution in [2.45, 2.75) is 13.3 Å². The molecule has 0 radical (unpaired) electrons. The topological polar surface area (TPSA) is 89.3 Å². The summed E-state index contributed by atoms with van der Waals surface area (Å²) in [5, 5.41) is 22.6. The van der Waals surface area contributed by atoms with Crippen LogP contribution in [0, 0.1) is 5.41 Å². The number of nitrogens with one attached hydrogen (secondary N) is 2. The molecule has 1 amide bonds. The van der Waals surface area contributed by atoms with E-state index < -0.39 is 0 Å². The van der Waals surface area contributed by atoms with Gasteiger partial charge in [0.25, 0.3) is 5.91 Å². The molecule has 28 heavy (non-hydrogen) atoms. The van der Waals surface area contributed by atoms with Crippen LogP contribution in [0.15, 0.2) is 54.3 Å². The number of rotatable bonds is 5. The summed E-state index contributed by atoms with van der Waals surface area (Å²) in [5.41, 5.74) is 2.65. The Bertz CT molecular complexity index is 1050. The minimum atomic E-state index is -0.110. The molecule has 0 bridgehead atoms. The van der Waals surface area contributed by atoms with Crippen LogP contribution in [-0.2, 0) is 0 Å². The van der Waals surface area contributed by atoms with E-state index in [0.29, 0.717) is 22.7 Å². The Labute approximate surface area is 166 Å². The molecule has 2 heterocycles. The molecule has 7 heteroatoms. The van der Waals surface area contributed by atoms with Gasteiger partial charge in [0.05, 0.1) is 22.3 Å². The second-order valence-corrected chi connectivity index (χ2v) is 7.58. The first kappa shape index (κ1) is 18.2. The van der Waals surface area contributed by atoms with Crippen LogP contribution >= 0.6 is 11.3 Å². The summed E-state index contributed by atoms with van der Waals surface area (Å²) in [6, 6.07) is 14.8. The number of amides is 1. The van der Waals surface area contributed by atoms with Gasteiger partial charge in [-0.2, -0.15) is 0 Å². The van der Waals surface area contributed by atoms with Gasteiger partial charge in [-0.05, 0) is 42.8 Å². The van der Waals surface area contributed by atoms with Crippen LogP contribution < -0.4 is 10.2 Å². The quantitative estimate of drug-likeness (QED) is 0.607. The van der Waals surface area contributed by atoms with E-state index in [9.17, 15) is 9.90 Å². The number of carbonyl (C=O) groups excluding carboxylic acids is 1. The number of benzene rings is 2. The molecule has 0 atom stereocenters. The van der Waals surface area contributed by atoms with E-state index in [2.05, 4.69) is 10.3 Å². The first-order valence-electron chi connectivity index (χ1n) is 9.11. The lowest BCUT2D eigenvalue weighted by atomic mass is 10.1. The van der Waals surface area contributed by atoms with Gasteiger partial charge in [-0.1, -0.05) is 19.1 Å². The Balaban J connectivity index is 1.57. The van der Waals surface area contributed by atoms with E-state index in [1.807, 2.05) is 31.2 Å². The molecule has 3 N–H and O–H groups in total. The Morgan fingerprint density at radius 2 is 2.00 bits per heavy atom. The van der Waals surface area contributed by atoms with Crippen LogP contribution in [0.4, 0.5) is 5.69 Å². The van der Waals surface area contributed by atoms with Crippen molar-refractivity contribution >= 4 is 44.6 Å². The number of anilines is 1. The van der Waals surface area contributed by atoms with E-state index in [1.54, 1.807) is 29.2 Å². The average Bonchev–Trinajstić information content (AvgIpc) is 3.26. The van der Waals surface area contributed by atoms with Crippen molar-refractivity contribution in [2.75, 3.05) is 18.0 Å². The number of aliphatic hydroxyl groups is 1. The summed E-state index contributed by atoms with van der Waals surface area (Å²) in [7, 11) is 0. The predicted octanol–water partition coefficient (Wildman–Crippen LogP) is 4.20. The van der Waals surface area contributed by atoms with Gasteiger partial charge in [0.2, 0.25) is 0 Å². The number of aromatic nitrogens is 1. The smallest absolute Gasteiger partial charge is 0.251 e. The van der Waals surface area contributed by atoms with Crippen molar-refractivity contribution in [3.8, 4) is 0 Å². The molecule has 0 fully saturated rings. The highest BCUT2D eigenvalue weighted by molar-refractivity contribution is 7.19. The first-order valence-corrected chi connectivity index (χ1v) is 9.93. The molecule has 0 saturated carbocycles. The monoisotopic (exact) mass is 392 g/mol. The number of hydrogen-bond acceptors (Lipinski definition) is 5. The van der Waals surface area contributed by atoms with Crippen LogP contribution in [0.3, 0.4) is 0 Å². The fourth-order valence-corrected chi connectivity index (χ4v) is 4.17. The van der Waals surface area contributed by atoms with Crippen LogP contribution in [0.2, 0.25) is 0 Å². The number of carbonyl (C=O) groups is 1. The van der Waals surface area contributed by atoms with Gasteiger partial charge >= 0.3 is 0 Å². The largest absolute Gasteiger partial charge is 0.510 e. The minimum absolute atomic E-state index is 0.110. The third kappa shape index (κ3) is 3.25. The van der Waals surface area contributed by atoms with Gasteiger partial charge in [0, 0.05) is 17.8 Å². The van der Waals surface area contributed by atoms with Gasteiger partial charge in [0.15, 0.2) is 0 Å². The molecule has 0 unspecified atom stereocenters. The maximum Gasteiger partial charge on any atom is 0.251 e. The van der Waals surface area contributed by atoms with Crippen molar-refractivity contribution < 1.29 is 9.90 Å². The molecule has 1 aliphatic rings. The number of aliphatic hydroxyl groups excluding tert-OH is 1. The maximum atomic E-state index is 12.1. The third-order valence-corrected chi connectivity index (χ3v) is 5.64. The summed E-state index contributed by atoms with van der Waals surface area (Å²) in [4.78, 5) is 18.3. The Kier molecular flexibility index (Phi) is 4.83. The van der Waals surface area contributed by atoms with Gasteiger partial charge in [0.1, 0.15) is 16.6 Å². The van der Waals surface area contributed by atoms with E-state index in [1.165, 1.54) is 11.3 Å². The molecule has 6 nitrogen and oxygen atoms in total. The zero-order valence-corrected chi connectivity index (χ0v) is 16.2. The standard InChI is InChI=1S/C21H20N4O2S/c1-2-11-23-20(27)13-7-9-14(10-8-13)25-12-16(26)18(19(25)22)21-24-15-5-3-4-6-17(15)28-21/h3-10,22,26H,2,11-12H2,1H3,(H,23,27). The van der Waals surface area contributed by atoms with Crippen molar-refractivity contribution in [1.29, 1.82) is 5.41 Å². The van der Waals surface area contributed by atoms with Gasteiger partial charge in [-0.3, -0.25) is 10.2 Å². The van der Waals surface area contributed by atoms with Crippen molar-refractivity contribution in [3.05, 3.63) is 64.9 Å². The fourth-order valence-electron chi connectivity index (χ4n) is 3.14.